The Morgan fingerprint density at radius 1 is 1.36 bits per heavy atom. The molecule has 0 aliphatic carbocycles. The van der Waals surface area contributed by atoms with Crippen molar-refractivity contribution < 1.29 is 4.79 Å². The SMILES string of the molecule is N#CC(=CNc1cccc2c1NCCNC2=O)c1nn[nH]n1. The summed E-state index contributed by atoms with van der Waals surface area (Å²) in [4.78, 5) is 12.0. The minimum absolute atomic E-state index is 0.133. The number of nitrogens with zero attached hydrogens (tertiary/aromatic N) is 4. The fraction of sp³-hybridized carbons (Fsp3) is 0.154. The van der Waals surface area contributed by atoms with Crippen LogP contribution >= 0.6 is 0 Å². The molecule has 0 saturated carbocycles. The van der Waals surface area contributed by atoms with E-state index in [1.807, 2.05) is 12.1 Å². The molecular formula is C13H12N8O. The Balaban J connectivity index is 1.92. The molecule has 2 aromatic rings. The Labute approximate surface area is 125 Å². The fourth-order valence-electron chi connectivity index (χ4n) is 2.08. The van der Waals surface area contributed by atoms with Crippen LogP contribution in [0.5, 0.6) is 0 Å². The number of allylic oxidation sites excluding steroid dienone is 1. The maximum atomic E-state index is 12.0. The van der Waals surface area contributed by atoms with Crippen molar-refractivity contribution in [2.75, 3.05) is 23.7 Å². The molecule has 0 bridgehead atoms. The van der Waals surface area contributed by atoms with E-state index in [0.29, 0.717) is 30.0 Å². The van der Waals surface area contributed by atoms with Crippen LogP contribution in [0.1, 0.15) is 16.2 Å². The highest BCUT2D eigenvalue weighted by molar-refractivity contribution is 6.03. The van der Waals surface area contributed by atoms with E-state index in [0.717, 1.165) is 0 Å². The van der Waals surface area contributed by atoms with E-state index in [1.54, 1.807) is 12.1 Å². The van der Waals surface area contributed by atoms with Crippen molar-refractivity contribution in [3.8, 4) is 6.07 Å². The van der Waals surface area contributed by atoms with E-state index < -0.39 is 0 Å². The van der Waals surface area contributed by atoms with Gasteiger partial charge in [-0.15, -0.1) is 10.2 Å². The Morgan fingerprint density at radius 3 is 3.00 bits per heavy atom. The van der Waals surface area contributed by atoms with E-state index in [9.17, 15) is 4.79 Å². The number of nitriles is 1. The molecule has 22 heavy (non-hydrogen) atoms. The quantitative estimate of drug-likeness (QED) is 0.600. The molecular weight excluding hydrogens is 284 g/mol. The van der Waals surface area contributed by atoms with Crippen molar-refractivity contribution in [3.05, 3.63) is 35.8 Å². The van der Waals surface area contributed by atoms with Crippen LogP contribution in [0, 0.1) is 11.3 Å². The van der Waals surface area contributed by atoms with Crippen LogP contribution in [-0.2, 0) is 0 Å². The summed E-state index contributed by atoms with van der Waals surface area (Å²) < 4.78 is 0. The monoisotopic (exact) mass is 296 g/mol. The third-order valence-corrected chi connectivity index (χ3v) is 3.10. The average molecular weight is 296 g/mol. The molecule has 0 unspecified atom stereocenters. The molecule has 9 nitrogen and oxygen atoms in total. The van der Waals surface area contributed by atoms with Gasteiger partial charge in [0.2, 0.25) is 5.82 Å². The lowest BCUT2D eigenvalue weighted by molar-refractivity contribution is 0.0958. The molecule has 4 N–H and O–H groups in total. The number of aromatic amines is 1. The lowest BCUT2D eigenvalue weighted by Crippen LogP contribution is -2.24. The Kier molecular flexibility index (Phi) is 3.65. The lowest BCUT2D eigenvalue weighted by Gasteiger charge is -2.12. The maximum Gasteiger partial charge on any atom is 0.253 e. The number of tetrazole rings is 1. The Bertz CT molecular complexity index is 759. The zero-order valence-electron chi connectivity index (χ0n) is 11.4. The highest BCUT2D eigenvalue weighted by Gasteiger charge is 2.17. The van der Waals surface area contributed by atoms with Gasteiger partial charge >= 0.3 is 0 Å². The Morgan fingerprint density at radius 2 is 2.23 bits per heavy atom. The average Bonchev–Trinajstić information content (AvgIpc) is 3.00. The van der Waals surface area contributed by atoms with Gasteiger partial charge in [-0.1, -0.05) is 6.07 Å². The highest BCUT2D eigenvalue weighted by atomic mass is 16.1. The summed E-state index contributed by atoms with van der Waals surface area (Å²) in [5.74, 6) is 0.0639. The minimum Gasteiger partial charge on any atom is -0.381 e. The number of rotatable bonds is 3. The van der Waals surface area contributed by atoms with Gasteiger partial charge in [0.1, 0.15) is 11.6 Å². The molecule has 0 atom stereocenters. The number of benzene rings is 1. The number of aromatic nitrogens is 4. The molecule has 0 radical (unpaired) electrons. The van der Waals surface area contributed by atoms with E-state index >= 15 is 0 Å². The van der Waals surface area contributed by atoms with Crippen molar-refractivity contribution in [2.45, 2.75) is 0 Å². The number of amides is 1. The van der Waals surface area contributed by atoms with Crippen molar-refractivity contribution in [3.63, 3.8) is 0 Å². The van der Waals surface area contributed by atoms with Gasteiger partial charge in [-0.3, -0.25) is 4.79 Å². The van der Waals surface area contributed by atoms with Crippen LogP contribution in [0.25, 0.3) is 5.57 Å². The third kappa shape index (κ3) is 2.57. The van der Waals surface area contributed by atoms with Gasteiger partial charge in [-0.2, -0.15) is 10.5 Å². The molecule has 1 aromatic heterocycles. The molecule has 110 valence electrons. The number of carbonyl (C=O) groups is 1. The lowest BCUT2D eigenvalue weighted by atomic mass is 10.1. The molecule has 0 saturated heterocycles. The highest BCUT2D eigenvalue weighted by Crippen LogP contribution is 2.27. The smallest absolute Gasteiger partial charge is 0.253 e. The van der Waals surface area contributed by atoms with Crippen LogP contribution in [0.15, 0.2) is 24.4 Å². The van der Waals surface area contributed by atoms with Gasteiger partial charge in [0, 0.05) is 19.3 Å². The van der Waals surface area contributed by atoms with Crippen LogP contribution in [-0.4, -0.2) is 39.6 Å². The van der Waals surface area contributed by atoms with E-state index in [-0.39, 0.29) is 17.3 Å². The van der Waals surface area contributed by atoms with Gasteiger partial charge < -0.3 is 16.0 Å². The van der Waals surface area contributed by atoms with Crippen LogP contribution in [0.3, 0.4) is 0 Å². The van der Waals surface area contributed by atoms with Crippen LogP contribution in [0.2, 0.25) is 0 Å². The number of fused-ring (bicyclic) bond motifs is 1. The van der Waals surface area contributed by atoms with Crippen molar-refractivity contribution in [2.24, 2.45) is 0 Å². The summed E-state index contributed by atoms with van der Waals surface area (Å²) in [5.41, 5.74) is 2.16. The van der Waals surface area contributed by atoms with E-state index in [1.165, 1.54) is 6.20 Å². The number of hydrogen-bond acceptors (Lipinski definition) is 7. The number of carbonyl (C=O) groups excluding carboxylic acids is 1. The molecule has 1 aromatic carbocycles. The zero-order valence-corrected chi connectivity index (χ0v) is 11.4. The van der Waals surface area contributed by atoms with Gasteiger partial charge in [-0.05, 0) is 17.3 Å². The first kappa shape index (κ1) is 13.6. The predicted octanol–water partition coefficient (Wildman–Crippen LogP) is 0.332. The first-order valence-electron chi connectivity index (χ1n) is 6.55. The summed E-state index contributed by atoms with van der Waals surface area (Å²) in [7, 11) is 0. The molecule has 0 fully saturated rings. The normalized spacial score (nSPS) is 14.1. The zero-order chi connectivity index (χ0) is 15.4. The predicted molar refractivity (Wildman–Crippen MR) is 78.7 cm³/mol. The number of hydrogen-bond donors (Lipinski definition) is 4. The topological polar surface area (TPSA) is 131 Å². The molecule has 2 heterocycles. The van der Waals surface area contributed by atoms with Crippen molar-refractivity contribution in [1.82, 2.24) is 25.9 Å². The van der Waals surface area contributed by atoms with Crippen molar-refractivity contribution in [1.29, 1.82) is 5.26 Å². The molecule has 1 amide bonds. The summed E-state index contributed by atoms with van der Waals surface area (Å²) >= 11 is 0. The second-order valence-electron chi connectivity index (χ2n) is 4.46. The summed E-state index contributed by atoms with van der Waals surface area (Å²) in [6, 6.07) is 7.31. The summed E-state index contributed by atoms with van der Waals surface area (Å²) in [6.45, 7) is 1.17. The number of nitrogens with one attached hydrogen (secondary N) is 4. The van der Waals surface area contributed by atoms with Gasteiger partial charge in [-0.25, -0.2) is 0 Å². The van der Waals surface area contributed by atoms with Crippen molar-refractivity contribution >= 4 is 22.9 Å². The first-order chi connectivity index (χ1) is 10.8. The van der Waals surface area contributed by atoms with E-state index in [2.05, 4.69) is 36.6 Å². The van der Waals surface area contributed by atoms with E-state index in [4.69, 9.17) is 5.26 Å². The first-order valence-corrected chi connectivity index (χ1v) is 6.55. The molecule has 9 heteroatoms. The fourth-order valence-corrected chi connectivity index (χ4v) is 2.08. The van der Waals surface area contributed by atoms with Crippen LogP contribution < -0.4 is 16.0 Å². The number of H-pyrrole nitrogens is 1. The Hall–Kier alpha value is -3.41. The minimum atomic E-state index is -0.133. The third-order valence-electron chi connectivity index (χ3n) is 3.10. The second-order valence-corrected chi connectivity index (χ2v) is 4.46. The largest absolute Gasteiger partial charge is 0.381 e. The summed E-state index contributed by atoms with van der Waals surface area (Å²) in [6.07, 6.45) is 1.48. The van der Waals surface area contributed by atoms with Gasteiger partial charge in [0.15, 0.2) is 0 Å². The summed E-state index contributed by atoms with van der Waals surface area (Å²) in [5, 5.41) is 31.4. The van der Waals surface area contributed by atoms with Gasteiger partial charge in [0.25, 0.3) is 5.91 Å². The molecule has 3 rings (SSSR count). The molecule has 0 spiro atoms. The van der Waals surface area contributed by atoms with Gasteiger partial charge in [0.05, 0.1) is 16.9 Å². The number of para-hydroxylation sites is 1. The standard InChI is InChI=1S/C13H12N8O/c14-6-8(12-18-20-21-19-12)7-17-10-3-1-2-9-11(10)15-4-5-16-13(9)22/h1-3,7,15,17H,4-5H2,(H,16,22)(H,18,19,20,21). The molecule has 1 aliphatic rings. The van der Waals surface area contributed by atoms with Crippen LogP contribution in [0.4, 0.5) is 11.4 Å². The number of anilines is 2. The second kappa shape index (κ2) is 5.92. The molecule has 1 aliphatic heterocycles. The maximum absolute atomic E-state index is 12.0.